The second-order valence-electron chi connectivity index (χ2n) is 4.48. The summed E-state index contributed by atoms with van der Waals surface area (Å²) < 4.78 is 9.21. The first-order valence-corrected chi connectivity index (χ1v) is 6.39. The van der Waals surface area contributed by atoms with Crippen LogP contribution in [0.4, 0.5) is 0 Å². The topological polar surface area (TPSA) is 56.9 Å². The van der Waals surface area contributed by atoms with Gasteiger partial charge in [0.1, 0.15) is 5.69 Å². The molecule has 0 amide bonds. The number of hydrogen-bond acceptors (Lipinski definition) is 4. The largest absolute Gasteiger partial charge is 0.493 e. The molecule has 0 aromatic carbocycles. The first kappa shape index (κ1) is 13.6. The summed E-state index contributed by atoms with van der Waals surface area (Å²) in [5.74, 6) is 0.796. The molecule has 2 rings (SSSR count). The summed E-state index contributed by atoms with van der Waals surface area (Å²) in [5.41, 5.74) is 3.18. The molecule has 0 fully saturated rings. The Morgan fingerprint density at radius 3 is 2.68 bits per heavy atom. The molecule has 0 radical (unpaired) electrons. The first-order chi connectivity index (χ1) is 9.12. The van der Waals surface area contributed by atoms with Gasteiger partial charge in [0.2, 0.25) is 0 Å². The van der Waals surface area contributed by atoms with Crippen LogP contribution in [0.2, 0.25) is 0 Å². The predicted octanol–water partition coefficient (Wildman–Crippen LogP) is 1.26. The number of aryl methyl sites for hydroxylation is 3. The van der Waals surface area contributed by atoms with Gasteiger partial charge in [0.25, 0.3) is 0 Å². The minimum atomic E-state index is 0.0195. The van der Waals surface area contributed by atoms with Gasteiger partial charge in [0, 0.05) is 25.4 Å². The Hall–Kier alpha value is -1.82. The van der Waals surface area contributed by atoms with Crippen LogP contribution in [0, 0.1) is 6.92 Å². The van der Waals surface area contributed by atoms with Crippen molar-refractivity contribution in [1.29, 1.82) is 0 Å². The Morgan fingerprint density at radius 2 is 2.21 bits per heavy atom. The third-order valence-corrected chi connectivity index (χ3v) is 3.29. The van der Waals surface area contributed by atoms with Gasteiger partial charge in [-0.2, -0.15) is 10.2 Å². The fourth-order valence-corrected chi connectivity index (χ4v) is 2.42. The summed E-state index contributed by atoms with van der Waals surface area (Å²) in [6.45, 7) is 4.88. The molecule has 2 aromatic rings. The maximum Gasteiger partial charge on any atom is 0.161 e. The summed E-state index contributed by atoms with van der Waals surface area (Å²) in [6, 6.07) is 0.0195. The number of nitrogens with zero attached hydrogens (tertiary/aromatic N) is 4. The van der Waals surface area contributed by atoms with E-state index in [9.17, 15) is 0 Å². The highest BCUT2D eigenvalue weighted by Crippen LogP contribution is 2.30. The van der Waals surface area contributed by atoms with Crippen LogP contribution in [0.3, 0.4) is 0 Å². The van der Waals surface area contributed by atoms with E-state index < -0.39 is 0 Å². The van der Waals surface area contributed by atoms with Gasteiger partial charge in [-0.15, -0.1) is 0 Å². The van der Waals surface area contributed by atoms with Crippen molar-refractivity contribution in [2.75, 3.05) is 14.2 Å². The maximum atomic E-state index is 5.43. The van der Waals surface area contributed by atoms with Gasteiger partial charge in [0.15, 0.2) is 5.75 Å². The molecular formula is C13H21N5O. The highest BCUT2D eigenvalue weighted by Gasteiger charge is 2.24. The lowest BCUT2D eigenvalue weighted by atomic mass is 10.0. The van der Waals surface area contributed by atoms with Crippen LogP contribution < -0.4 is 10.1 Å². The maximum absolute atomic E-state index is 5.43. The molecule has 19 heavy (non-hydrogen) atoms. The van der Waals surface area contributed by atoms with E-state index in [0.717, 1.165) is 29.2 Å². The highest BCUT2D eigenvalue weighted by atomic mass is 16.5. The number of rotatable bonds is 5. The van der Waals surface area contributed by atoms with E-state index in [2.05, 4.69) is 22.4 Å². The summed E-state index contributed by atoms with van der Waals surface area (Å²) in [7, 11) is 5.53. The molecule has 0 aliphatic heterocycles. The van der Waals surface area contributed by atoms with Crippen molar-refractivity contribution in [3.63, 3.8) is 0 Å². The number of hydrogen-bond donors (Lipinski definition) is 1. The van der Waals surface area contributed by atoms with Crippen LogP contribution in [0.25, 0.3) is 0 Å². The van der Waals surface area contributed by atoms with Crippen LogP contribution in [0.1, 0.15) is 29.9 Å². The van der Waals surface area contributed by atoms with Gasteiger partial charge in [-0.3, -0.25) is 9.36 Å². The van der Waals surface area contributed by atoms with E-state index in [-0.39, 0.29) is 6.04 Å². The molecule has 0 aliphatic carbocycles. The van der Waals surface area contributed by atoms with Gasteiger partial charge in [-0.05, 0) is 20.9 Å². The molecule has 1 unspecified atom stereocenters. The molecule has 6 heteroatoms. The zero-order chi connectivity index (χ0) is 14.0. The number of methoxy groups -OCH3 is 1. The second-order valence-corrected chi connectivity index (χ2v) is 4.48. The Bertz CT molecular complexity index is 536. The lowest BCUT2D eigenvalue weighted by molar-refractivity contribution is 0.401. The molecular weight excluding hydrogens is 242 g/mol. The Morgan fingerprint density at radius 1 is 1.47 bits per heavy atom. The number of nitrogens with one attached hydrogen (secondary N) is 1. The van der Waals surface area contributed by atoms with Gasteiger partial charge in [-0.25, -0.2) is 0 Å². The average molecular weight is 263 g/mol. The first-order valence-electron chi connectivity index (χ1n) is 6.39. The van der Waals surface area contributed by atoms with E-state index in [0.29, 0.717) is 0 Å². The van der Waals surface area contributed by atoms with E-state index in [1.807, 2.05) is 36.6 Å². The molecule has 0 aliphatic rings. The normalized spacial score (nSPS) is 12.7. The lowest BCUT2D eigenvalue weighted by Gasteiger charge is -2.18. The Kier molecular flexibility index (Phi) is 3.90. The Balaban J connectivity index is 2.53. The molecule has 0 saturated carbocycles. The van der Waals surface area contributed by atoms with Crippen LogP contribution >= 0.6 is 0 Å². The minimum Gasteiger partial charge on any atom is -0.493 e. The zero-order valence-electron chi connectivity index (χ0n) is 12.1. The van der Waals surface area contributed by atoms with Crippen molar-refractivity contribution in [3.05, 3.63) is 29.3 Å². The van der Waals surface area contributed by atoms with Crippen LogP contribution in [-0.4, -0.2) is 33.7 Å². The fraction of sp³-hybridized carbons (Fsp3) is 0.538. The van der Waals surface area contributed by atoms with Crippen LogP contribution in [0.15, 0.2) is 12.4 Å². The third kappa shape index (κ3) is 2.35. The summed E-state index contributed by atoms with van der Waals surface area (Å²) in [5, 5.41) is 12.1. The number of ether oxygens (including phenoxy) is 1. The molecule has 2 aromatic heterocycles. The van der Waals surface area contributed by atoms with Gasteiger partial charge in [0.05, 0.1) is 25.0 Å². The standard InChI is InChI=1S/C13H21N5O/c1-6-18-13(11(19-5)7-15-18)12(14-3)10-8-17(4)16-9(10)2/h7-8,12,14H,6H2,1-5H3. The van der Waals surface area contributed by atoms with E-state index in [4.69, 9.17) is 4.74 Å². The molecule has 1 atom stereocenters. The SMILES string of the molecule is CCn1ncc(OC)c1C(NC)c1cn(C)nc1C. The third-order valence-electron chi connectivity index (χ3n) is 3.29. The fourth-order valence-electron chi connectivity index (χ4n) is 2.42. The molecule has 0 bridgehead atoms. The van der Waals surface area contributed by atoms with Crippen molar-refractivity contribution in [1.82, 2.24) is 24.9 Å². The zero-order valence-corrected chi connectivity index (χ0v) is 12.1. The summed E-state index contributed by atoms with van der Waals surface area (Å²) in [6.07, 6.45) is 3.79. The highest BCUT2D eigenvalue weighted by molar-refractivity contribution is 5.37. The summed E-state index contributed by atoms with van der Waals surface area (Å²) in [4.78, 5) is 0. The van der Waals surface area contributed by atoms with Gasteiger partial charge < -0.3 is 10.1 Å². The predicted molar refractivity (Wildman–Crippen MR) is 73.3 cm³/mol. The van der Waals surface area contributed by atoms with E-state index in [1.54, 1.807) is 13.3 Å². The number of aromatic nitrogens is 4. The van der Waals surface area contributed by atoms with E-state index >= 15 is 0 Å². The van der Waals surface area contributed by atoms with Crippen molar-refractivity contribution >= 4 is 0 Å². The second kappa shape index (κ2) is 5.44. The molecule has 104 valence electrons. The molecule has 2 heterocycles. The molecule has 1 N–H and O–H groups in total. The van der Waals surface area contributed by atoms with Crippen molar-refractivity contribution in [3.8, 4) is 5.75 Å². The van der Waals surface area contributed by atoms with Crippen molar-refractivity contribution < 1.29 is 4.74 Å². The van der Waals surface area contributed by atoms with Gasteiger partial charge >= 0.3 is 0 Å². The average Bonchev–Trinajstić information content (AvgIpc) is 2.94. The molecule has 0 spiro atoms. The van der Waals surface area contributed by atoms with Crippen LogP contribution in [-0.2, 0) is 13.6 Å². The summed E-state index contributed by atoms with van der Waals surface area (Å²) >= 11 is 0. The van der Waals surface area contributed by atoms with Gasteiger partial charge in [-0.1, -0.05) is 0 Å². The minimum absolute atomic E-state index is 0.0195. The molecule has 6 nitrogen and oxygen atoms in total. The van der Waals surface area contributed by atoms with Crippen LogP contribution in [0.5, 0.6) is 5.75 Å². The lowest BCUT2D eigenvalue weighted by Crippen LogP contribution is -2.22. The van der Waals surface area contributed by atoms with E-state index in [1.165, 1.54) is 0 Å². The monoisotopic (exact) mass is 263 g/mol. The van der Waals surface area contributed by atoms with Crippen molar-refractivity contribution in [2.45, 2.75) is 26.4 Å². The Labute approximate surface area is 113 Å². The van der Waals surface area contributed by atoms with Crippen molar-refractivity contribution in [2.24, 2.45) is 7.05 Å². The molecule has 0 saturated heterocycles. The smallest absolute Gasteiger partial charge is 0.161 e. The quantitative estimate of drug-likeness (QED) is 0.882.